The number of benzene rings is 1. The van der Waals surface area contributed by atoms with E-state index in [-0.39, 0.29) is 6.10 Å². The second kappa shape index (κ2) is 8.53. The van der Waals surface area contributed by atoms with Gasteiger partial charge >= 0.3 is 0 Å². The molecular formula is C23H22ClN5O2. The van der Waals surface area contributed by atoms with Crippen molar-refractivity contribution in [3.63, 3.8) is 0 Å². The SMILES string of the molecule is CC(Oc1nc2nc(-c3ccc(N4CCOCC4)cc3)c(Cl)cc2[nH]1)c1ccccn1. The van der Waals surface area contributed by atoms with Gasteiger partial charge in [-0.05, 0) is 37.3 Å². The van der Waals surface area contributed by atoms with E-state index in [0.717, 1.165) is 43.1 Å². The van der Waals surface area contributed by atoms with Crippen LogP contribution in [-0.2, 0) is 4.74 Å². The second-order valence-electron chi connectivity index (χ2n) is 7.39. The van der Waals surface area contributed by atoms with E-state index in [1.807, 2.05) is 43.3 Å². The highest BCUT2D eigenvalue weighted by molar-refractivity contribution is 6.33. The van der Waals surface area contributed by atoms with E-state index in [1.54, 1.807) is 6.20 Å². The van der Waals surface area contributed by atoms with Gasteiger partial charge in [0.1, 0.15) is 6.10 Å². The Morgan fingerprint density at radius 2 is 1.90 bits per heavy atom. The third kappa shape index (κ3) is 4.19. The molecule has 0 amide bonds. The minimum absolute atomic E-state index is 0.246. The van der Waals surface area contributed by atoms with Gasteiger partial charge in [-0.3, -0.25) is 4.98 Å². The van der Waals surface area contributed by atoms with Gasteiger partial charge in [0, 0.05) is 30.5 Å². The minimum atomic E-state index is -0.246. The molecule has 4 heterocycles. The van der Waals surface area contributed by atoms with Gasteiger partial charge in [0.15, 0.2) is 5.65 Å². The number of ether oxygens (including phenoxy) is 2. The number of pyridine rings is 2. The van der Waals surface area contributed by atoms with E-state index in [0.29, 0.717) is 22.4 Å². The van der Waals surface area contributed by atoms with Crippen LogP contribution in [0, 0.1) is 0 Å². The zero-order valence-electron chi connectivity index (χ0n) is 17.1. The van der Waals surface area contributed by atoms with Gasteiger partial charge in [-0.25, -0.2) is 4.98 Å². The molecule has 1 unspecified atom stereocenters. The number of imidazole rings is 1. The predicted octanol–water partition coefficient (Wildman–Crippen LogP) is 4.65. The first kappa shape index (κ1) is 19.8. The van der Waals surface area contributed by atoms with Crippen LogP contribution in [0.2, 0.25) is 5.02 Å². The maximum absolute atomic E-state index is 6.55. The summed E-state index contributed by atoms with van der Waals surface area (Å²) in [5.41, 5.74) is 4.91. The second-order valence-corrected chi connectivity index (χ2v) is 7.80. The monoisotopic (exact) mass is 435 g/mol. The number of H-pyrrole nitrogens is 1. The van der Waals surface area contributed by atoms with Gasteiger partial charge in [-0.1, -0.05) is 29.8 Å². The fourth-order valence-electron chi connectivity index (χ4n) is 3.65. The van der Waals surface area contributed by atoms with Crippen molar-refractivity contribution < 1.29 is 9.47 Å². The Morgan fingerprint density at radius 3 is 2.65 bits per heavy atom. The summed E-state index contributed by atoms with van der Waals surface area (Å²) in [6.07, 6.45) is 1.50. The molecule has 1 fully saturated rings. The lowest BCUT2D eigenvalue weighted by Crippen LogP contribution is -2.36. The molecule has 1 aliphatic rings. The third-order valence-corrected chi connectivity index (χ3v) is 5.60. The molecule has 7 nitrogen and oxygen atoms in total. The average Bonchev–Trinajstić information content (AvgIpc) is 3.20. The first-order valence-corrected chi connectivity index (χ1v) is 10.6. The fourth-order valence-corrected chi connectivity index (χ4v) is 3.91. The van der Waals surface area contributed by atoms with Crippen LogP contribution in [-0.4, -0.2) is 46.2 Å². The van der Waals surface area contributed by atoms with Crippen LogP contribution in [0.1, 0.15) is 18.7 Å². The van der Waals surface area contributed by atoms with Crippen LogP contribution in [0.25, 0.3) is 22.4 Å². The van der Waals surface area contributed by atoms with Crippen LogP contribution in [0.4, 0.5) is 5.69 Å². The van der Waals surface area contributed by atoms with E-state index in [4.69, 9.17) is 21.1 Å². The van der Waals surface area contributed by atoms with E-state index in [1.165, 1.54) is 5.69 Å². The Morgan fingerprint density at radius 1 is 1.10 bits per heavy atom. The zero-order valence-corrected chi connectivity index (χ0v) is 17.8. The van der Waals surface area contributed by atoms with E-state index in [2.05, 4.69) is 37.0 Å². The van der Waals surface area contributed by atoms with E-state index in [9.17, 15) is 0 Å². The van der Waals surface area contributed by atoms with Gasteiger partial charge in [0.2, 0.25) is 0 Å². The fraction of sp³-hybridized carbons (Fsp3) is 0.261. The summed E-state index contributed by atoms with van der Waals surface area (Å²) in [6.45, 7) is 5.24. The van der Waals surface area contributed by atoms with Gasteiger partial charge in [0.05, 0.1) is 35.1 Å². The van der Waals surface area contributed by atoms with Crippen molar-refractivity contribution in [2.75, 3.05) is 31.2 Å². The van der Waals surface area contributed by atoms with Crippen molar-refractivity contribution >= 4 is 28.5 Å². The highest BCUT2D eigenvalue weighted by Crippen LogP contribution is 2.31. The van der Waals surface area contributed by atoms with Crippen LogP contribution in [0.15, 0.2) is 54.7 Å². The summed E-state index contributed by atoms with van der Waals surface area (Å²) >= 11 is 6.55. The first-order valence-electron chi connectivity index (χ1n) is 10.2. The maximum Gasteiger partial charge on any atom is 0.296 e. The van der Waals surface area contributed by atoms with Gasteiger partial charge in [-0.15, -0.1) is 0 Å². The van der Waals surface area contributed by atoms with Crippen molar-refractivity contribution in [2.45, 2.75) is 13.0 Å². The van der Waals surface area contributed by atoms with Crippen molar-refractivity contribution in [2.24, 2.45) is 0 Å². The number of hydrogen-bond acceptors (Lipinski definition) is 6. The smallest absolute Gasteiger partial charge is 0.296 e. The molecule has 1 aliphatic heterocycles. The Kier molecular flexibility index (Phi) is 5.44. The molecule has 8 heteroatoms. The minimum Gasteiger partial charge on any atom is -0.455 e. The third-order valence-electron chi connectivity index (χ3n) is 5.31. The molecule has 158 valence electrons. The lowest BCUT2D eigenvalue weighted by atomic mass is 10.1. The maximum atomic E-state index is 6.55. The normalized spacial score (nSPS) is 15.2. The number of anilines is 1. The number of nitrogens with one attached hydrogen (secondary N) is 1. The molecular weight excluding hydrogens is 414 g/mol. The van der Waals surface area contributed by atoms with Crippen LogP contribution in [0.3, 0.4) is 0 Å². The van der Waals surface area contributed by atoms with Crippen molar-refractivity contribution in [1.29, 1.82) is 0 Å². The largest absolute Gasteiger partial charge is 0.455 e. The topological polar surface area (TPSA) is 76.2 Å². The van der Waals surface area contributed by atoms with Crippen molar-refractivity contribution in [3.8, 4) is 17.3 Å². The van der Waals surface area contributed by atoms with Gasteiger partial charge in [0.25, 0.3) is 6.01 Å². The number of morpholine rings is 1. The molecule has 0 spiro atoms. The molecule has 1 aromatic carbocycles. The number of aromatic nitrogens is 4. The molecule has 4 aromatic rings. The van der Waals surface area contributed by atoms with Crippen molar-refractivity contribution in [3.05, 3.63) is 65.4 Å². The van der Waals surface area contributed by atoms with Crippen molar-refractivity contribution in [1.82, 2.24) is 19.9 Å². The number of hydrogen-bond donors (Lipinski definition) is 1. The molecule has 1 N–H and O–H groups in total. The summed E-state index contributed by atoms with van der Waals surface area (Å²) in [4.78, 5) is 19.0. The molecule has 0 bridgehead atoms. The Hall–Kier alpha value is -3.16. The lowest BCUT2D eigenvalue weighted by molar-refractivity contribution is 0.122. The first-order chi connectivity index (χ1) is 15.2. The Bertz CT molecular complexity index is 1170. The number of aromatic amines is 1. The number of fused-ring (bicyclic) bond motifs is 1. The predicted molar refractivity (Wildman–Crippen MR) is 121 cm³/mol. The molecule has 0 saturated carbocycles. The quantitative estimate of drug-likeness (QED) is 0.491. The highest BCUT2D eigenvalue weighted by Gasteiger charge is 2.16. The molecule has 5 rings (SSSR count). The molecule has 3 aromatic heterocycles. The Labute approximate surface area is 185 Å². The summed E-state index contributed by atoms with van der Waals surface area (Å²) in [7, 11) is 0. The number of rotatable bonds is 5. The highest BCUT2D eigenvalue weighted by atomic mass is 35.5. The lowest BCUT2D eigenvalue weighted by Gasteiger charge is -2.28. The average molecular weight is 436 g/mol. The van der Waals surface area contributed by atoms with Crippen LogP contribution in [0.5, 0.6) is 6.01 Å². The molecule has 0 aliphatic carbocycles. The molecule has 31 heavy (non-hydrogen) atoms. The van der Waals surface area contributed by atoms with E-state index >= 15 is 0 Å². The van der Waals surface area contributed by atoms with Crippen LogP contribution >= 0.6 is 11.6 Å². The molecule has 1 atom stereocenters. The van der Waals surface area contributed by atoms with E-state index < -0.39 is 0 Å². The summed E-state index contributed by atoms with van der Waals surface area (Å²) in [5, 5.41) is 0.555. The standard InChI is InChI=1S/C23H22ClN5O2/c1-15(19-4-2-3-9-25-19)31-23-26-20-14-18(24)21(27-22(20)28-23)16-5-7-17(8-6-16)29-10-12-30-13-11-29/h2-9,14-15H,10-13H2,1H3,(H,26,27,28). The number of nitrogens with zero attached hydrogens (tertiary/aromatic N) is 4. The zero-order chi connectivity index (χ0) is 21.2. The van der Waals surface area contributed by atoms with Gasteiger partial charge in [-0.2, -0.15) is 4.98 Å². The molecule has 1 saturated heterocycles. The summed E-state index contributed by atoms with van der Waals surface area (Å²) < 4.78 is 11.4. The Balaban J connectivity index is 1.39. The summed E-state index contributed by atoms with van der Waals surface area (Å²) in [5.74, 6) is 0. The van der Waals surface area contributed by atoms with Crippen LogP contribution < -0.4 is 9.64 Å². The summed E-state index contributed by atoms with van der Waals surface area (Å²) in [6, 6.07) is 16.2. The van der Waals surface area contributed by atoms with Gasteiger partial charge < -0.3 is 19.4 Å². The molecule has 0 radical (unpaired) electrons. The number of halogens is 1.